The molecule has 2 aromatic carbocycles. The number of nitrogens with one attached hydrogen (secondary N) is 1. The van der Waals surface area contributed by atoms with Gasteiger partial charge in [0.1, 0.15) is 0 Å². The van der Waals surface area contributed by atoms with E-state index >= 15 is 0 Å². The maximum absolute atomic E-state index is 11.9. The average Bonchev–Trinajstić information content (AvgIpc) is 2.48. The molecule has 0 aliphatic heterocycles. The minimum absolute atomic E-state index is 0.314. The van der Waals surface area contributed by atoms with E-state index in [4.69, 9.17) is 11.6 Å². The number of Topliss-reactive ketones (excluding diaryl/α,β-unsaturated/α-hetero) is 1. The Morgan fingerprint density at radius 1 is 0.950 bits per heavy atom. The standard InChI is InChI=1S/C15H12ClNO3/c16-12-8-6-11(7-9-12)14(19)17-15(20)13(18)10-4-2-1-3-5-10/h1-9,15,20H,(H,17,19)/t15-/m0/s1. The lowest BCUT2D eigenvalue weighted by molar-refractivity contribution is 0.0607. The van der Waals surface area contributed by atoms with Gasteiger partial charge < -0.3 is 10.4 Å². The van der Waals surface area contributed by atoms with E-state index in [1.54, 1.807) is 42.5 Å². The molecule has 2 N–H and O–H groups in total. The largest absolute Gasteiger partial charge is 0.367 e. The average molecular weight is 290 g/mol. The maximum Gasteiger partial charge on any atom is 0.253 e. The third-order valence-electron chi connectivity index (χ3n) is 2.68. The third-order valence-corrected chi connectivity index (χ3v) is 2.93. The summed E-state index contributed by atoms with van der Waals surface area (Å²) in [5, 5.41) is 12.5. The molecule has 2 aromatic rings. The second-order valence-electron chi connectivity index (χ2n) is 4.11. The van der Waals surface area contributed by atoms with Gasteiger partial charge in [0, 0.05) is 16.1 Å². The van der Waals surface area contributed by atoms with E-state index in [0.717, 1.165) is 0 Å². The highest BCUT2D eigenvalue weighted by Crippen LogP contribution is 2.10. The molecular formula is C15H12ClNO3. The molecule has 0 unspecified atom stereocenters. The summed E-state index contributed by atoms with van der Waals surface area (Å²) >= 11 is 5.72. The molecule has 20 heavy (non-hydrogen) atoms. The van der Waals surface area contributed by atoms with Crippen LogP contribution in [0.3, 0.4) is 0 Å². The Labute approximate surface area is 121 Å². The molecule has 0 aliphatic rings. The van der Waals surface area contributed by atoms with Gasteiger partial charge in [0.25, 0.3) is 5.91 Å². The van der Waals surface area contributed by atoms with E-state index in [1.807, 2.05) is 0 Å². The fourth-order valence-corrected chi connectivity index (χ4v) is 1.76. The van der Waals surface area contributed by atoms with Gasteiger partial charge in [-0.1, -0.05) is 41.9 Å². The number of ketones is 1. The number of benzene rings is 2. The second kappa shape index (κ2) is 6.32. The summed E-state index contributed by atoms with van der Waals surface area (Å²) < 4.78 is 0. The van der Waals surface area contributed by atoms with Gasteiger partial charge in [-0.2, -0.15) is 0 Å². The number of halogens is 1. The van der Waals surface area contributed by atoms with E-state index < -0.39 is 17.9 Å². The zero-order chi connectivity index (χ0) is 14.5. The van der Waals surface area contributed by atoms with Crippen molar-refractivity contribution in [2.45, 2.75) is 6.23 Å². The second-order valence-corrected chi connectivity index (χ2v) is 4.55. The Balaban J connectivity index is 2.04. The first kappa shape index (κ1) is 14.2. The van der Waals surface area contributed by atoms with Gasteiger partial charge in [0.05, 0.1) is 0 Å². The monoisotopic (exact) mass is 289 g/mol. The Morgan fingerprint density at radius 2 is 1.55 bits per heavy atom. The molecule has 5 heteroatoms. The van der Waals surface area contributed by atoms with Crippen molar-refractivity contribution in [3.8, 4) is 0 Å². The molecule has 0 radical (unpaired) electrons. The van der Waals surface area contributed by atoms with Gasteiger partial charge in [0.2, 0.25) is 5.78 Å². The lowest BCUT2D eigenvalue weighted by Crippen LogP contribution is -2.40. The summed E-state index contributed by atoms with van der Waals surface area (Å²) in [5.41, 5.74) is 0.644. The normalized spacial score (nSPS) is 11.7. The number of hydrogen-bond donors (Lipinski definition) is 2. The van der Waals surface area contributed by atoms with E-state index in [2.05, 4.69) is 5.32 Å². The van der Waals surface area contributed by atoms with Crippen molar-refractivity contribution >= 4 is 23.3 Å². The van der Waals surface area contributed by atoms with E-state index in [1.165, 1.54) is 12.1 Å². The summed E-state index contributed by atoms with van der Waals surface area (Å²) in [7, 11) is 0. The van der Waals surface area contributed by atoms with Crippen LogP contribution in [0.5, 0.6) is 0 Å². The van der Waals surface area contributed by atoms with Crippen LogP contribution in [0.4, 0.5) is 0 Å². The lowest BCUT2D eigenvalue weighted by Gasteiger charge is -2.12. The van der Waals surface area contributed by atoms with E-state index in [9.17, 15) is 14.7 Å². The van der Waals surface area contributed by atoms with Gasteiger partial charge in [-0.3, -0.25) is 9.59 Å². The van der Waals surface area contributed by atoms with Crippen LogP contribution < -0.4 is 5.32 Å². The van der Waals surface area contributed by atoms with Crippen molar-refractivity contribution in [3.63, 3.8) is 0 Å². The number of aliphatic hydroxyl groups excluding tert-OH is 1. The molecule has 102 valence electrons. The zero-order valence-electron chi connectivity index (χ0n) is 10.4. The fourth-order valence-electron chi connectivity index (χ4n) is 1.63. The first-order valence-corrected chi connectivity index (χ1v) is 6.29. The summed E-state index contributed by atoms with van der Waals surface area (Å²) in [6.45, 7) is 0. The van der Waals surface area contributed by atoms with Gasteiger partial charge in [-0.05, 0) is 24.3 Å². The number of carbonyl (C=O) groups excluding carboxylic acids is 2. The van der Waals surface area contributed by atoms with E-state index in [-0.39, 0.29) is 0 Å². The van der Waals surface area contributed by atoms with Crippen LogP contribution in [0.25, 0.3) is 0 Å². The molecule has 0 heterocycles. The predicted molar refractivity (Wildman–Crippen MR) is 75.7 cm³/mol. The molecule has 0 aromatic heterocycles. The number of aliphatic hydroxyl groups is 1. The molecule has 0 aliphatic carbocycles. The minimum atomic E-state index is -1.58. The number of hydrogen-bond acceptors (Lipinski definition) is 3. The first-order valence-electron chi connectivity index (χ1n) is 5.91. The Morgan fingerprint density at radius 3 is 2.15 bits per heavy atom. The molecule has 0 saturated carbocycles. The minimum Gasteiger partial charge on any atom is -0.367 e. The number of amides is 1. The molecular weight excluding hydrogens is 278 g/mol. The van der Waals surface area contributed by atoms with Crippen LogP contribution in [0.2, 0.25) is 5.02 Å². The van der Waals surface area contributed by atoms with Crippen LogP contribution in [0, 0.1) is 0 Å². The number of carbonyl (C=O) groups is 2. The van der Waals surface area contributed by atoms with Crippen molar-refractivity contribution in [1.29, 1.82) is 0 Å². The molecule has 0 bridgehead atoms. The highest BCUT2D eigenvalue weighted by Gasteiger charge is 2.19. The molecule has 1 amide bonds. The molecule has 2 rings (SSSR count). The fraction of sp³-hybridized carbons (Fsp3) is 0.0667. The predicted octanol–water partition coefficient (Wildman–Crippen LogP) is 2.27. The Hall–Kier alpha value is -2.17. The zero-order valence-corrected chi connectivity index (χ0v) is 11.2. The van der Waals surface area contributed by atoms with Crippen molar-refractivity contribution < 1.29 is 14.7 Å². The molecule has 0 spiro atoms. The maximum atomic E-state index is 11.9. The van der Waals surface area contributed by atoms with Crippen LogP contribution in [0.15, 0.2) is 54.6 Å². The van der Waals surface area contributed by atoms with E-state index in [0.29, 0.717) is 16.1 Å². The molecule has 0 fully saturated rings. The van der Waals surface area contributed by atoms with Crippen LogP contribution in [-0.4, -0.2) is 23.0 Å². The highest BCUT2D eigenvalue weighted by molar-refractivity contribution is 6.30. The van der Waals surface area contributed by atoms with Crippen LogP contribution in [-0.2, 0) is 0 Å². The summed E-state index contributed by atoms with van der Waals surface area (Å²) in [6, 6.07) is 14.4. The topological polar surface area (TPSA) is 66.4 Å². The highest BCUT2D eigenvalue weighted by atomic mass is 35.5. The van der Waals surface area contributed by atoms with Crippen LogP contribution >= 0.6 is 11.6 Å². The molecule has 4 nitrogen and oxygen atoms in total. The van der Waals surface area contributed by atoms with Crippen molar-refractivity contribution in [3.05, 3.63) is 70.7 Å². The quantitative estimate of drug-likeness (QED) is 0.670. The summed E-state index contributed by atoms with van der Waals surface area (Å²) in [5.74, 6) is -1.11. The van der Waals surface area contributed by atoms with Crippen LogP contribution in [0.1, 0.15) is 20.7 Å². The van der Waals surface area contributed by atoms with Crippen molar-refractivity contribution in [2.75, 3.05) is 0 Å². The lowest BCUT2D eigenvalue weighted by atomic mass is 10.1. The van der Waals surface area contributed by atoms with Gasteiger partial charge in [-0.15, -0.1) is 0 Å². The summed E-state index contributed by atoms with van der Waals surface area (Å²) in [6.07, 6.45) is -1.58. The molecule has 0 saturated heterocycles. The van der Waals surface area contributed by atoms with Crippen molar-refractivity contribution in [1.82, 2.24) is 5.32 Å². The summed E-state index contributed by atoms with van der Waals surface area (Å²) in [4.78, 5) is 23.7. The Kier molecular flexibility index (Phi) is 4.50. The van der Waals surface area contributed by atoms with Gasteiger partial charge >= 0.3 is 0 Å². The Bertz CT molecular complexity index is 611. The molecule has 1 atom stereocenters. The number of rotatable bonds is 4. The van der Waals surface area contributed by atoms with Gasteiger partial charge in [-0.25, -0.2) is 0 Å². The third kappa shape index (κ3) is 3.44. The first-order chi connectivity index (χ1) is 9.58. The van der Waals surface area contributed by atoms with Gasteiger partial charge in [0.15, 0.2) is 6.23 Å². The smallest absolute Gasteiger partial charge is 0.253 e. The SMILES string of the molecule is O=C(N[C@@H](O)C(=O)c1ccccc1)c1ccc(Cl)cc1. The van der Waals surface area contributed by atoms with Crippen molar-refractivity contribution in [2.24, 2.45) is 0 Å².